The summed E-state index contributed by atoms with van der Waals surface area (Å²) in [6.45, 7) is 1.50. The first-order valence-corrected chi connectivity index (χ1v) is 11.1. The Morgan fingerprint density at radius 1 is 1.06 bits per heavy atom. The molecule has 31 heavy (non-hydrogen) atoms. The van der Waals surface area contributed by atoms with E-state index in [0.717, 1.165) is 16.4 Å². The number of para-hydroxylation sites is 1. The molecule has 166 valence electrons. The van der Waals surface area contributed by atoms with Crippen molar-refractivity contribution >= 4 is 27.6 Å². The van der Waals surface area contributed by atoms with Crippen molar-refractivity contribution in [3.8, 4) is 0 Å². The Labute approximate surface area is 179 Å². The summed E-state index contributed by atoms with van der Waals surface area (Å²) in [6, 6.07) is 11.1. The standard InChI is InChI=1S/C21H22F2N2O5S/c1-14(20(26)24-16-5-3-2-4-6-16)30-21(27)15-9-11-25(12-10-15)31(28,29)17-7-8-18(22)19(23)13-17/h2-8,13-15H,9-12H2,1H3,(H,24,26). The summed E-state index contributed by atoms with van der Waals surface area (Å²) in [5, 5.41) is 2.64. The number of carbonyl (C=O) groups is 2. The molecule has 0 saturated carbocycles. The number of piperidine rings is 1. The van der Waals surface area contributed by atoms with Crippen LogP contribution in [0.5, 0.6) is 0 Å². The SMILES string of the molecule is CC(OC(=O)C1CCN(S(=O)(=O)c2ccc(F)c(F)c2)CC1)C(=O)Nc1ccccc1. The average molecular weight is 452 g/mol. The van der Waals surface area contributed by atoms with Crippen molar-refractivity contribution in [1.29, 1.82) is 0 Å². The fourth-order valence-corrected chi connectivity index (χ4v) is 4.69. The van der Waals surface area contributed by atoms with Crippen LogP contribution in [-0.2, 0) is 24.3 Å². The highest BCUT2D eigenvalue weighted by Crippen LogP contribution is 2.26. The van der Waals surface area contributed by atoms with E-state index in [2.05, 4.69) is 5.32 Å². The van der Waals surface area contributed by atoms with E-state index >= 15 is 0 Å². The molecule has 0 bridgehead atoms. The van der Waals surface area contributed by atoms with Crippen molar-refractivity contribution in [1.82, 2.24) is 4.31 Å². The van der Waals surface area contributed by atoms with Crippen LogP contribution in [0.25, 0.3) is 0 Å². The summed E-state index contributed by atoms with van der Waals surface area (Å²) in [4.78, 5) is 24.3. The van der Waals surface area contributed by atoms with Gasteiger partial charge in [-0.2, -0.15) is 4.31 Å². The quantitative estimate of drug-likeness (QED) is 0.681. The van der Waals surface area contributed by atoms with E-state index in [1.54, 1.807) is 30.3 Å². The number of ether oxygens (including phenoxy) is 1. The number of halogens is 2. The first kappa shape index (κ1) is 22.8. The number of esters is 1. The lowest BCUT2D eigenvalue weighted by Gasteiger charge is -2.30. The number of amides is 1. The summed E-state index contributed by atoms with van der Waals surface area (Å²) in [7, 11) is -4.01. The Morgan fingerprint density at radius 3 is 2.32 bits per heavy atom. The smallest absolute Gasteiger partial charge is 0.309 e. The zero-order chi connectivity index (χ0) is 22.6. The molecular weight excluding hydrogens is 430 g/mol. The average Bonchev–Trinajstić information content (AvgIpc) is 2.76. The summed E-state index contributed by atoms with van der Waals surface area (Å²) < 4.78 is 58.1. The predicted octanol–water partition coefficient (Wildman–Crippen LogP) is 2.94. The van der Waals surface area contributed by atoms with E-state index in [1.807, 2.05) is 0 Å². The second-order valence-corrected chi connectivity index (χ2v) is 9.13. The summed E-state index contributed by atoms with van der Waals surface area (Å²) in [6.07, 6.45) is -0.638. The van der Waals surface area contributed by atoms with E-state index in [-0.39, 0.29) is 30.8 Å². The van der Waals surface area contributed by atoms with Crippen molar-refractivity contribution in [2.75, 3.05) is 18.4 Å². The number of hydrogen-bond donors (Lipinski definition) is 1. The van der Waals surface area contributed by atoms with Crippen LogP contribution in [0.4, 0.5) is 14.5 Å². The first-order valence-electron chi connectivity index (χ1n) is 9.70. The van der Waals surface area contributed by atoms with Crippen LogP contribution in [0.2, 0.25) is 0 Å². The molecule has 1 atom stereocenters. The number of rotatable bonds is 6. The van der Waals surface area contributed by atoms with Crippen molar-refractivity contribution in [2.24, 2.45) is 5.92 Å². The topological polar surface area (TPSA) is 92.8 Å². The highest BCUT2D eigenvalue weighted by molar-refractivity contribution is 7.89. The third-order valence-corrected chi connectivity index (χ3v) is 6.91. The third kappa shape index (κ3) is 5.45. The minimum atomic E-state index is -4.01. The van der Waals surface area contributed by atoms with Gasteiger partial charge in [0, 0.05) is 18.8 Å². The second kappa shape index (κ2) is 9.52. The zero-order valence-electron chi connectivity index (χ0n) is 16.8. The molecule has 0 radical (unpaired) electrons. The van der Waals surface area contributed by atoms with Crippen LogP contribution in [0.15, 0.2) is 53.4 Å². The van der Waals surface area contributed by atoms with Gasteiger partial charge in [0.2, 0.25) is 10.0 Å². The molecule has 0 aromatic heterocycles. The van der Waals surface area contributed by atoms with Gasteiger partial charge in [0.25, 0.3) is 5.91 Å². The van der Waals surface area contributed by atoms with Gasteiger partial charge in [-0.15, -0.1) is 0 Å². The van der Waals surface area contributed by atoms with Gasteiger partial charge in [0.05, 0.1) is 10.8 Å². The van der Waals surface area contributed by atoms with Gasteiger partial charge >= 0.3 is 5.97 Å². The van der Waals surface area contributed by atoms with Crippen LogP contribution in [0, 0.1) is 17.6 Å². The number of carbonyl (C=O) groups excluding carboxylic acids is 2. The third-order valence-electron chi connectivity index (χ3n) is 5.02. The van der Waals surface area contributed by atoms with Crippen molar-refractivity contribution in [3.05, 3.63) is 60.2 Å². The van der Waals surface area contributed by atoms with E-state index < -0.39 is 45.6 Å². The van der Waals surface area contributed by atoms with Crippen LogP contribution in [0.3, 0.4) is 0 Å². The number of anilines is 1. The normalized spacial score (nSPS) is 16.5. The Morgan fingerprint density at radius 2 is 1.71 bits per heavy atom. The van der Waals surface area contributed by atoms with Gasteiger partial charge in [0.15, 0.2) is 17.7 Å². The zero-order valence-corrected chi connectivity index (χ0v) is 17.6. The molecule has 2 aromatic rings. The summed E-state index contributed by atoms with van der Waals surface area (Å²) in [5.74, 6) is -4.00. The molecule has 1 amide bonds. The molecule has 10 heteroatoms. The second-order valence-electron chi connectivity index (χ2n) is 7.19. The van der Waals surface area contributed by atoms with Gasteiger partial charge < -0.3 is 10.1 Å². The molecular formula is C21H22F2N2O5S. The largest absolute Gasteiger partial charge is 0.452 e. The Hall–Kier alpha value is -2.85. The maximum Gasteiger partial charge on any atom is 0.309 e. The molecule has 2 aromatic carbocycles. The molecule has 1 aliphatic heterocycles. The molecule has 7 nitrogen and oxygen atoms in total. The van der Waals surface area contributed by atoms with Crippen molar-refractivity contribution < 1.29 is 31.5 Å². The Bertz CT molecular complexity index is 1050. The van der Waals surface area contributed by atoms with E-state index in [0.29, 0.717) is 11.8 Å². The highest BCUT2D eigenvalue weighted by atomic mass is 32.2. The van der Waals surface area contributed by atoms with E-state index in [9.17, 15) is 26.8 Å². The number of hydrogen-bond acceptors (Lipinski definition) is 5. The van der Waals surface area contributed by atoms with Gasteiger partial charge in [-0.25, -0.2) is 17.2 Å². The van der Waals surface area contributed by atoms with E-state index in [4.69, 9.17) is 4.74 Å². The predicted molar refractivity (Wildman–Crippen MR) is 108 cm³/mol. The van der Waals surface area contributed by atoms with Gasteiger partial charge in [-0.3, -0.25) is 9.59 Å². The maximum absolute atomic E-state index is 13.4. The molecule has 0 aliphatic carbocycles. The lowest BCUT2D eigenvalue weighted by molar-refractivity contribution is -0.158. The number of nitrogens with zero attached hydrogens (tertiary/aromatic N) is 1. The van der Waals surface area contributed by atoms with Crippen molar-refractivity contribution in [3.63, 3.8) is 0 Å². The van der Waals surface area contributed by atoms with Crippen LogP contribution in [-0.4, -0.2) is 43.8 Å². The Balaban J connectivity index is 1.54. The minimum Gasteiger partial charge on any atom is -0.452 e. The van der Waals surface area contributed by atoms with Crippen LogP contribution < -0.4 is 5.32 Å². The van der Waals surface area contributed by atoms with Crippen LogP contribution in [0.1, 0.15) is 19.8 Å². The van der Waals surface area contributed by atoms with Gasteiger partial charge in [0.1, 0.15) is 0 Å². The summed E-state index contributed by atoms with van der Waals surface area (Å²) >= 11 is 0. The highest BCUT2D eigenvalue weighted by Gasteiger charge is 2.34. The van der Waals surface area contributed by atoms with Gasteiger partial charge in [-0.1, -0.05) is 18.2 Å². The first-order chi connectivity index (χ1) is 14.7. The molecule has 3 rings (SSSR count). The summed E-state index contributed by atoms with van der Waals surface area (Å²) in [5.41, 5.74) is 0.575. The fraction of sp³-hybridized carbons (Fsp3) is 0.333. The lowest BCUT2D eigenvalue weighted by atomic mass is 9.98. The number of nitrogens with one attached hydrogen (secondary N) is 1. The number of benzene rings is 2. The molecule has 1 aliphatic rings. The minimum absolute atomic E-state index is 0.0195. The molecule has 1 fully saturated rings. The Kier molecular flexibility index (Phi) is 7.01. The maximum atomic E-state index is 13.4. The monoisotopic (exact) mass is 452 g/mol. The molecule has 0 spiro atoms. The molecule has 1 heterocycles. The van der Waals surface area contributed by atoms with Gasteiger partial charge in [-0.05, 0) is 50.1 Å². The molecule has 1 unspecified atom stereocenters. The molecule has 1 saturated heterocycles. The lowest BCUT2D eigenvalue weighted by Crippen LogP contribution is -2.41. The number of sulfonamides is 1. The van der Waals surface area contributed by atoms with Crippen molar-refractivity contribution in [2.45, 2.75) is 30.8 Å². The fourth-order valence-electron chi connectivity index (χ4n) is 3.21. The van der Waals surface area contributed by atoms with E-state index in [1.165, 1.54) is 6.92 Å². The molecule has 1 N–H and O–H groups in total. The van der Waals surface area contributed by atoms with Crippen LogP contribution >= 0.6 is 0 Å².